The zero-order valence-electron chi connectivity index (χ0n) is 11.5. The van der Waals surface area contributed by atoms with Gasteiger partial charge in [0.1, 0.15) is 0 Å². The molecule has 0 spiro atoms. The van der Waals surface area contributed by atoms with Gasteiger partial charge in [-0.25, -0.2) is 0 Å². The number of rotatable bonds is 4. The molecule has 0 aliphatic heterocycles. The first kappa shape index (κ1) is 16.1. The maximum atomic E-state index is 2.43. The Morgan fingerprint density at radius 1 is 0.842 bits per heavy atom. The fraction of sp³-hybridized carbons (Fsp3) is 0.176. The topological polar surface area (TPSA) is 0 Å². The van der Waals surface area contributed by atoms with Crippen molar-refractivity contribution in [2.75, 3.05) is 12.8 Å². The maximum absolute atomic E-state index is 2.43. The molecule has 0 radical (unpaired) electrons. The second-order valence-electron chi connectivity index (χ2n) is 4.61. The second-order valence-corrected chi connectivity index (χ2v) is 8.40. The van der Waals surface area contributed by atoms with E-state index in [1.165, 1.54) is 10.6 Å². The minimum absolute atomic E-state index is 0. The van der Waals surface area contributed by atoms with E-state index in [0.29, 0.717) is 0 Å². The summed E-state index contributed by atoms with van der Waals surface area (Å²) in [5, 5.41) is 2.96. The van der Waals surface area contributed by atoms with Crippen molar-refractivity contribution in [3.8, 4) is 0 Å². The summed E-state index contributed by atoms with van der Waals surface area (Å²) in [5.74, 6) is 0. The molecule has 0 N–H and O–H groups in total. The van der Waals surface area contributed by atoms with Crippen molar-refractivity contribution in [2.24, 2.45) is 0 Å². The molecule has 0 fully saturated rings. The number of benzene rings is 2. The van der Waals surface area contributed by atoms with Crippen LogP contribution in [0, 0.1) is 0 Å². The summed E-state index contributed by atoms with van der Waals surface area (Å²) in [6, 6.07) is 21.8. The molecule has 0 amide bonds. The summed E-state index contributed by atoms with van der Waals surface area (Å²) in [6.45, 7) is 4.53. The highest BCUT2D eigenvalue weighted by Crippen LogP contribution is 2.52. The van der Waals surface area contributed by atoms with Crippen LogP contribution >= 0.6 is 7.26 Å². The fourth-order valence-electron chi connectivity index (χ4n) is 2.19. The zero-order chi connectivity index (χ0) is 12.8. The molecule has 0 heterocycles. The molecule has 19 heavy (non-hydrogen) atoms. The van der Waals surface area contributed by atoms with Crippen LogP contribution in [0.2, 0.25) is 0 Å². The van der Waals surface area contributed by atoms with Crippen molar-refractivity contribution in [3.63, 3.8) is 0 Å². The Labute approximate surface area is 127 Å². The third-order valence-corrected chi connectivity index (χ3v) is 7.18. The van der Waals surface area contributed by atoms with Crippen LogP contribution in [0.5, 0.6) is 0 Å². The summed E-state index contributed by atoms with van der Waals surface area (Å²) in [5.41, 5.74) is 0. The number of halogens is 1. The Balaban J connectivity index is 0.00000180. The van der Waals surface area contributed by atoms with E-state index >= 15 is 0 Å². The van der Waals surface area contributed by atoms with Crippen LogP contribution in [0.1, 0.15) is 6.92 Å². The molecule has 2 heteroatoms. The normalized spacial score (nSPS) is 11.3. The van der Waals surface area contributed by atoms with Gasteiger partial charge in [0.25, 0.3) is 0 Å². The highest BCUT2D eigenvalue weighted by atomic mass is 79.9. The molecule has 0 nitrogen and oxygen atoms in total. The summed E-state index contributed by atoms with van der Waals surface area (Å²) in [7, 11) is -1.28. The average Bonchev–Trinajstić information content (AvgIpc) is 2.46. The Bertz CT molecular complexity index is 466. The van der Waals surface area contributed by atoms with Crippen molar-refractivity contribution in [2.45, 2.75) is 6.92 Å². The van der Waals surface area contributed by atoms with E-state index in [9.17, 15) is 0 Å². The van der Waals surface area contributed by atoms with Crippen LogP contribution in [0.15, 0.2) is 72.8 Å². The number of hydrogen-bond acceptors (Lipinski definition) is 0. The lowest BCUT2D eigenvalue weighted by Gasteiger charge is -2.21. The highest BCUT2D eigenvalue weighted by molar-refractivity contribution is 7.89. The van der Waals surface area contributed by atoms with Gasteiger partial charge in [-0.05, 0) is 31.2 Å². The molecule has 0 bridgehead atoms. The Morgan fingerprint density at radius 3 is 1.63 bits per heavy atom. The first-order valence-electron chi connectivity index (χ1n) is 6.35. The van der Waals surface area contributed by atoms with Gasteiger partial charge >= 0.3 is 0 Å². The molecule has 0 aliphatic rings. The molecule has 2 rings (SSSR count). The molecule has 2 aromatic carbocycles. The van der Waals surface area contributed by atoms with Crippen molar-refractivity contribution in [3.05, 3.63) is 72.8 Å². The molecule has 0 saturated carbocycles. The van der Waals surface area contributed by atoms with Gasteiger partial charge in [0, 0.05) is 0 Å². The van der Waals surface area contributed by atoms with Crippen molar-refractivity contribution >= 4 is 17.9 Å². The summed E-state index contributed by atoms with van der Waals surface area (Å²) in [4.78, 5) is 0. The van der Waals surface area contributed by atoms with Crippen LogP contribution < -0.4 is 27.6 Å². The SMILES string of the molecule is C/C=C/C[P+](C)(c1ccccc1)c1ccccc1.[Br-]. The van der Waals surface area contributed by atoms with E-state index < -0.39 is 7.26 Å². The number of hydrogen-bond donors (Lipinski definition) is 0. The molecule has 0 saturated heterocycles. The fourth-order valence-corrected chi connectivity index (χ4v) is 5.20. The van der Waals surface area contributed by atoms with Gasteiger partial charge in [-0.15, -0.1) is 0 Å². The van der Waals surface area contributed by atoms with Crippen LogP contribution in [0.25, 0.3) is 0 Å². The summed E-state index contributed by atoms with van der Waals surface area (Å²) < 4.78 is 0. The monoisotopic (exact) mass is 334 g/mol. The van der Waals surface area contributed by atoms with Gasteiger partial charge in [-0.3, -0.25) is 0 Å². The van der Waals surface area contributed by atoms with Gasteiger partial charge in [0.05, 0.1) is 30.7 Å². The maximum Gasteiger partial charge on any atom is 0.0992 e. The van der Waals surface area contributed by atoms with Gasteiger partial charge in [0.2, 0.25) is 0 Å². The van der Waals surface area contributed by atoms with E-state index in [4.69, 9.17) is 0 Å². The molecule has 0 atom stereocenters. The standard InChI is InChI=1S/C17H20P.BrH/c1-3-4-15-18(2,16-11-7-5-8-12-16)17-13-9-6-10-14-17;/h3-14H,15H2,1-2H3;1H/q+1;/p-1/b4-3+;. The van der Waals surface area contributed by atoms with Crippen LogP contribution in [0.3, 0.4) is 0 Å². The smallest absolute Gasteiger partial charge is 0.0992 e. The lowest BCUT2D eigenvalue weighted by Crippen LogP contribution is -3.00. The predicted octanol–water partition coefficient (Wildman–Crippen LogP) is 0.865. The third kappa shape index (κ3) is 3.78. The quantitative estimate of drug-likeness (QED) is 0.575. The van der Waals surface area contributed by atoms with Crippen LogP contribution in [-0.2, 0) is 0 Å². The van der Waals surface area contributed by atoms with Crippen molar-refractivity contribution in [1.82, 2.24) is 0 Å². The molecular weight excluding hydrogens is 315 g/mol. The molecule has 100 valence electrons. The molecule has 0 aromatic heterocycles. The Hall–Kier alpha value is -0.910. The highest BCUT2D eigenvalue weighted by Gasteiger charge is 2.35. The van der Waals surface area contributed by atoms with Gasteiger partial charge in [-0.1, -0.05) is 48.6 Å². The van der Waals surface area contributed by atoms with Crippen LogP contribution in [-0.4, -0.2) is 12.8 Å². The predicted molar refractivity (Wildman–Crippen MR) is 84.7 cm³/mol. The van der Waals surface area contributed by atoms with E-state index in [2.05, 4.69) is 86.4 Å². The Kier molecular flexibility index (Phi) is 6.48. The van der Waals surface area contributed by atoms with E-state index in [-0.39, 0.29) is 17.0 Å². The Morgan fingerprint density at radius 2 is 1.26 bits per heavy atom. The van der Waals surface area contributed by atoms with Gasteiger partial charge < -0.3 is 17.0 Å². The van der Waals surface area contributed by atoms with Crippen molar-refractivity contribution < 1.29 is 17.0 Å². The zero-order valence-corrected chi connectivity index (χ0v) is 13.9. The molecule has 0 unspecified atom stereocenters. The van der Waals surface area contributed by atoms with Gasteiger partial charge in [-0.2, -0.15) is 0 Å². The second kappa shape index (κ2) is 7.62. The summed E-state index contributed by atoms with van der Waals surface area (Å²) >= 11 is 0. The van der Waals surface area contributed by atoms with E-state index in [0.717, 1.165) is 6.16 Å². The number of allylic oxidation sites excluding steroid dienone is 2. The lowest BCUT2D eigenvalue weighted by atomic mass is 10.4. The van der Waals surface area contributed by atoms with Crippen LogP contribution in [0.4, 0.5) is 0 Å². The minimum atomic E-state index is -1.28. The van der Waals surface area contributed by atoms with Gasteiger partial charge in [0.15, 0.2) is 0 Å². The van der Waals surface area contributed by atoms with E-state index in [1.807, 2.05) is 0 Å². The minimum Gasteiger partial charge on any atom is -1.00 e. The third-order valence-electron chi connectivity index (χ3n) is 3.36. The molecule has 2 aromatic rings. The summed E-state index contributed by atoms with van der Waals surface area (Å²) in [6.07, 6.45) is 5.59. The average molecular weight is 335 g/mol. The lowest BCUT2D eigenvalue weighted by molar-refractivity contribution is -0.00000368. The van der Waals surface area contributed by atoms with E-state index in [1.54, 1.807) is 0 Å². The first-order chi connectivity index (χ1) is 8.77. The largest absolute Gasteiger partial charge is 1.00 e. The molecular formula is C17H20BrP. The first-order valence-corrected chi connectivity index (χ1v) is 8.77. The molecule has 0 aliphatic carbocycles. The van der Waals surface area contributed by atoms with Crippen molar-refractivity contribution in [1.29, 1.82) is 0 Å².